The summed E-state index contributed by atoms with van der Waals surface area (Å²) in [5.74, 6) is 1.53. The fourth-order valence-corrected chi connectivity index (χ4v) is 4.46. The van der Waals surface area contributed by atoms with Crippen molar-refractivity contribution in [3.63, 3.8) is 0 Å². The number of nitrogens with zero attached hydrogens (tertiary/aromatic N) is 6. The number of aromatic nitrogens is 5. The number of rotatable bonds is 4. The van der Waals surface area contributed by atoms with E-state index in [0.717, 1.165) is 30.1 Å². The first kappa shape index (κ1) is 15.5. The van der Waals surface area contributed by atoms with Crippen molar-refractivity contribution in [1.82, 2.24) is 29.0 Å². The van der Waals surface area contributed by atoms with E-state index in [1.165, 1.54) is 25.7 Å². The standard InChI is InChI=1S/C19H22N6O/c26-17-10-14(13-24(17)15-4-1-2-5-15)12-23-9-7-21-18(23)16-11-22-25-8-3-6-20-19(16)25/h3,6-9,11,14-15H,1-2,4-5,10,12-13H2. The molecule has 0 N–H and O–H groups in total. The molecule has 0 spiro atoms. The highest BCUT2D eigenvalue weighted by Gasteiger charge is 2.35. The largest absolute Gasteiger partial charge is 0.339 e. The molecule has 2 aliphatic rings. The van der Waals surface area contributed by atoms with Gasteiger partial charge in [0.1, 0.15) is 5.82 Å². The molecule has 1 amide bonds. The van der Waals surface area contributed by atoms with Gasteiger partial charge in [-0.05, 0) is 18.9 Å². The third kappa shape index (κ3) is 2.58. The van der Waals surface area contributed by atoms with Crippen molar-refractivity contribution < 1.29 is 4.79 Å². The molecule has 1 saturated carbocycles. The van der Waals surface area contributed by atoms with Gasteiger partial charge in [0.15, 0.2) is 5.65 Å². The van der Waals surface area contributed by atoms with Crippen LogP contribution in [0.25, 0.3) is 17.0 Å². The molecule has 3 aromatic rings. The van der Waals surface area contributed by atoms with Crippen molar-refractivity contribution in [3.8, 4) is 11.4 Å². The summed E-state index contributed by atoms with van der Waals surface area (Å²) in [4.78, 5) is 23.6. The molecule has 5 rings (SSSR count). The van der Waals surface area contributed by atoms with Crippen LogP contribution in [0.3, 0.4) is 0 Å². The summed E-state index contributed by atoms with van der Waals surface area (Å²) in [6.07, 6.45) is 14.8. The van der Waals surface area contributed by atoms with Crippen LogP contribution in [0.2, 0.25) is 0 Å². The number of carbonyl (C=O) groups is 1. The number of fused-ring (bicyclic) bond motifs is 1. The van der Waals surface area contributed by atoms with Gasteiger partial charge in [-0.2, -0.15) is 5.10 Å². The Morgan fingerprint density at radius 2 is 2.00 bits per heavy atom. The van der Waals surface area contributed by atoms with Gasteiger partial charge in [0.25, 0.3) is 0 Å². The Balaban J connectivity index is 1.38. The minimum Gasteiger partial charge on any atom is -0.339 e. The molecule has 134 valence electrons. The van der Waals surface area contributed by atoms with Gasteiger partial charge in [-0.3, -0.25) is 4.79 Å². The molecule has 0 bridgehead atoms. The Kier molecular flexibility index (Phi) is 3.72. The number of amides is 1. The molecule has 1 aliphatic heterocycles. The second kappa shape index (κ2) is 6.23. The van der Waals surface area contributed by atoms with Crippen LogP contribution in [0, 0.1) is 5.92 Å². The number of carbonyl (C=O) groups excluding carboxylic acids is 1. The van der Waals surface area contributed by atoms with Crippen LogP contribution in [0.1, 0.15) is 32.1 Å². The van der Waals surface area contributed by atoms with E-state index in [9.17, 15) is 4.79 Å². The second-order valence-corrected chi connectivity index (χ2v) is 7.40. The van der Waals surface area contributed by atoms with Crippen LogP contribution in [0.15, 0.2) is 37.1 Å². The minimum atomic E-state index is 0.321. The SMILES string of the molecule is O=C1CC(Cn2ccnc2-c2cnn3cccnc23)CN1C1CCCC1. The summed E-state index contributed by atoms with van der Waals surface area (Å²) in [7, 11) is 0. The van der Waals surface area contributed by atoms with Crippen molar-refractivity contribution in [2.45, 2.75) is 44.7 Å². The Labute approximate surface area is 151 Å². The van der Waals surface area contributed by atoms with Gasteiger partial charge in [0, 0.05) is 56.3 Å². The first-order chi connectivity index (χ1) is 12.8. The molecular weight excluding hydrogens is 328 g/mol. The lowest BCUT2D eigenvalue weighted by Gasteiger charge is -2.24. The summed E-state index contributed by atoms with van der Waals surface area (Å²) in [5, 5.41) is 4.36. The third-order valence-corrected chi connectivity index (χ3v) is 5.69. The summed E-state index contributed by atoms with van der Waals surface area (Å²) >= 11 is 0. The Morgan fingerprint density at radius 1 is 1.12 bits per heavy atom. The van der Waals surface area contributed by atoms with Crippen LogP contribution < -0.4 is 0 Å². The average Bonchev–Trinajstić information content (AvgIpc) is 3.41. The van der Waals surface area contributed by atoms with Crippen LogP contribution in [-0.2, 0) is 11.3 Å². The molecule has 7 heteroatoms. The van der Waals surface area contributed by atoms with Crippen molar-refractivity contribution in [2.75, 3.05) is 6.54 Å². The normalized spacial score (nSPS) is 21.3. The van der Waals surface area contributed by atoms with Crippen molar-refractivity contribution >= 4 is 11.6 Å². The fourth-order valence-electron chi connectivity index (χ4n) is 4.46. The van der Waals surface area contributed by atoms with Gasteiger partial charge in [0.05, 0.1) is 11.8 Å². The number of imidazole rings is 1. The molecule has 1 aliphatic carbocycles. The highest BCUT2D eigenvalue weighted by Crippen LogP contribution is 2.31. The van der Waals surface area contributed by atoms with Gasteiger partial charge < -0.3 is 9.47 Å². The Hall–Kier alpha value is -2.70. The van der Waals surface area contributed by atoms with Gasteiger partial charge in [-0.25, -0.2) is 14.5 Å². The van der Waals surface area contributed by atoms with E-state index in [-0.39, 0.29) is 0 Å². The smallest absolute Gasteiger partial charge is 0.223 e. The summed E-state index contributed by atoms with van der Waals surface area (Å²) < 4.78 is 3.90. The third-order valence-electron chi connectivity index (χ3n) is 5.69. The second-order valence-electron chi connectivity index (χ2n) is 7.40. The monoisotopic (exact) mass is 350 g/mol. The van der Waals surface area contributed by atoms with Crippen LogP contribution in [-0.4, -0.2) is 47.5 Å². The lowest BCUT2D eigenvalue weighted by atomic mass is 10.1. The Morgan fingerprint density at radius 3 is 2.88 bits per heavy atom. The quantitative estimate of drug-likeness (QED) is 0.724. The average molecular weight is 350 g/mol. The van der Waals surface area contributed by atoms with Gasteiger partial charge in [-0.15, -0.1) is 0 Å². The van der Waals surface area contributed by atoms with E-state index in [4.69, 9.17) is 0 Å². The van der Waals surface area contributed by atoms with E-state index in [2.05, 4.69) is 24.5 Å². The first-order valence-corrected chi connectivity index (χ1v) is 9.39. The van der Waals surface area contributed by atoms with E-state index in [0.29, 0.717) is 24.3 Å². The molecule has 1 saturated heterocycles. The van der Waals surface area contributed by atoms with Crippen LogP contribution >= 0.6 is 0 Å². The predicted molar refractivity (Wildman–Crippen MR) is 96.3 cm³/mol. The summed E-state index contributed by atoms with van der Waals surface area (Å²) in [6.45, 7) is 1.67. The topological polar surface area (TPSA) is 68.3 Å². The first-order valence-electron chi connectivity index (χ1n) is 9.39. The number of hydrogen-bond acceptors (Lipinski definition) is 4. The molecular formula is C19H22N6O. The molecule has 1 atom stereocenters. The maximum Gasteiger partial charge on any atom is 0.223 e. The van der Waals surface area contributed by atoms with E-state index in [1.807, 2.05) is 30.9 Å². The van der Waals surface area contributed by atoms with Crippen LogP contribution in [0.4, 0.5) is 0 Å². The number of hydrogen-bond donors (Lipinski definition) is 0. The van der Waals surface area contributed by atoms with Gasteiger partial charge >= 0.3 is 0 Å². The molecule has 0 aromatic carbocycles. The summed E-state index contributed by atoms with van der Waals surface area (Å²) in [5.41, 5.74) is 1.72. The van der Waals surface area contributed by atoms with Crippen molar-refractivity contribution in [1.29, 1.82) is 0 Å². The zero-order chi connectivity index (χ0) is 17.5. The molecule has 1 unspecified atom stereocenters. The molecule has 2 fully saturated rings. The predicted octanol–water partition coefficient (Wildman–Crippen LogP) is 2.38. The minimum absolute atomic E-state index is 0.321. The highest BCUT2D eigenvalue weighted by atomic mass is 16.2. The lowest BCUT2D eigenvalue weighted by Crippen LogP contribution is -2.34. The van der Waals surface area contributed by atoms with E-state index < -0.39 is 0 Å². The molecule has 3 aromatic heterocycles. The van der Waals surface area contributed by atoms with E-state index in [1.54, 1.807) is 10.7 Å². The molecule has 26 heavy (non-hydrogen) atoms. The Bertz CT molecular complexity index is 938. The number of likely N-dealkylation sites (tertiary alicyclic amines) is 1. The molecule has 0 radical (unpaired) electrons. The molecule has 7 nitrogen and oxygen atoms in total. The highest BCUT2D eigenvalue weighted by molar-refractivity contribution is 5.79. The molecule has 4 heterocycles. The van der Waals surface area contributed by atoms with E-state index >= 15 is 0 Å². The lowest BCUT2D eigenvalue weighted by molar-refractivity contribution is -0.129. The van der Waals surface area contributed by atoms with Gasteiger partial charge in [0.2, 0.25) is 5.91 Å². The zero-order valence-corrected chi connectivity index (χ0v) is 14.7. The maximum absolute atomic E-state index is 12.5. The van der Waals surface area contributed by atoms with Crippen molar-refractivity contribution in [2.24, 2.45) is 5.92 Å². The summed E-state index contributed by atoms with van der Waals surface area (Å²) in [6, 6.07) is 2.33. The zero-order valence-electron chi connectivity index (χ0n) is 14.7. The van der Waals surface area contributed by atoms with Gasteiger partial charge in [-0.1, -0.05) is 12.8 Å². The van der Waals surface area contributed by atoms with Crippen LogP contribution in [0.5, 0.6) is 0 Å². The maximum atomic E-state index is 12.5. The van der Waals surface area contributed by atoms with Crippen molar-refractivity contribution in [3.05, 3.63) is 37.1 Å². The fraction of sp³-hybridized carbons (Fsp3) is 0.474.